The molecule has 2 aliphatic heterocycles. The fourth-order valence-corrected chi connectivity index (χ4v) is 6.97. The summed E-state index contributed by atoms with van der Waals surface area (Å²) in [7, 11) is -3.65. The number of rotatable bonds is 3. The maximum absolute atomic E-state index is 13.5. The molecule has 0 radical (unpaired) electrons. The van der Waals surface area contributed by atoms with E-state index in [2.05, 4.69) is 4.98 Å². The quantitative estimate of drug-likeness (QED) is 0.681. The second-order valence-corrected chi connectivity index (χ2v) is 12.2. The van der Waals surface area contributed by atoms with Crippen LogP contribution >= 0.6 is 11.6 Å². The molecule has 4 rings (SSSR count). The zero-order valence-corrected chi connectivity index (χ0v) is 20.0. The van der Waals surface area contributed by atoms with Crippen molar-refractivity contribution in [1.29, 1.82) is 0 Å². The molecule has 0 saturated carbocycles. The Kier molecular flexibility index (Phi) is 5.37. The van der Waals surface area contributed by atoms with E-state index in [9.17, 15) is 13.2 Å². The number of aromatic nitrogens is 1. The van der Waals surface area contributed by atoms with Crippen LogP contribution in [-0.4, -0.2) is 41.6 Å². The molecule has 0 bridgehead atoms. The number of carbonyl (C=O) groups excluding carboxylic acids is 1. The van der Waals surface area contributed by atoms with Gasteiger partial charge in [0.25, 0.3) is 0 Å². The lowest BCUT2D eigenvalue weighted by atomic mass is 9.85. The van der Waals surface area contributed by atoms with Gasteiger partial charge in [-0.3, -0.25) is 14.8 Å². The van der Waals surface area contributed by atoms with Crippen molar-refractivity contribution in [3.63, 3.8) is 0 Å². The summed E-state index contributed by atoms with van der Waals surface area (Å²) in [6, 6.07) is 7.08. The Morgan fingerprint density at radius 2 is 2.00 bits per heavy atom. The van der Waals surface area contributed by atoms with Crippen LogP contribution in [0.2, 0.25) is 5.02 Å². The van der Waals surface area contributed by atoms with E-state index in [4.69, 9.17) is 27.1 Å². The Bertz CT molecular complexity index is 1260. The summed E-state index contributed by atoms with van der Waals surface area (Å²) in [6.45, 7) is 6.99. The smallest absolute Gasteiger partial charge is 0.185 e. The number of aryl methyl sites for hydroxylation is 1. The standard InChI is InChI=1S/C23H26ClN3O4S/c1-13-9-15(24)12-26-20(13)17(28)11-14-5-6-18-16(10-14)23(4)19(7-8-31-18)32(29,30)22(2,3)21(25)27-23/h5-6,9-10,12,19H,7-8,11H2,1-4H3,(H2,25,27)/t19-,23+/m0/s1. The number of ketones is 1. The van der Waals surface area contributed by atoms with Crippen LogP contribution in [0, 0.1) is 6.92 Å². The number of hydrogen-bond donors (Lipinski definition) is 1. The lowest BCUT2D eigenvalue weighted by Gasteiger charge is -2.43. The van der Waals surface area contributed by atoms with Crippen molar-refractivity contribution < 1.29 is 17.9 Å². The van der Waals surface area contributed by atoms with Crippen molar-refractivity contribution in [2.45, 2.75) is 56.1 Å². The minimum Gasteiger partial charge on any atom is -0.493 e. The number of nitrogens with two attached hydrogens (primary N) is 1. The van der Waals surface area contributed by atoms with Gasteiger partial charge in [0, 0.05) is 24.6 Å². The number of hydrogen-bond acceptors (Lipinski definition) is 7. The number of halogens is 1. The molecule has 2 N–H and O–H groups in total. The lowest BCUT2D eigenvalue weighted by Crippen LogP contribution is -2.59. The highest BCUT2D eigenvalue weighted by atomic mass is 35.5. The minimum absolute atomic E-state index is 0.0755. The summed E-state index contributed by atoms with van der Waals surface area (Å²) in [5, 5.41) is -0.318. The molecule has 0 fully saturated rings. The summed E-state index contributed by atoms with van der Waals surface area (Å²) >= 11 is 5.95. The summed E-state index contributed by atoms with van der Waals surface area (Å²) in [6.07, 6.45) is 1.85. The van der Waals surface area contributed by atoms with Gasteiger partial charge in [0.2, 0.25) is 0 Å². The molecule has 7 nitrogen and oxygen atoms in total. The molecule has 2 atom stereocenters. The van der Waals surface area contributed by atoms with Crippen LogP contribution in [0.25, 0.3) is 0 Å². The monoisotopic (exact) mass is 475 g/mol. The van der Waals surface area contributed by atoms with Crippen LogP contribution in [0.1, 0.15) is 54.4 Å². The fourth-order valence-electron chi connectivity index (χ4n) is 4.52. The van der Waals surface area contributed by atoms with Crippen molar-refractivity contribution >= 4 is 33.1 Å². The van der Waals surface area contributed by atoms with Gasteiger partial charge >= 0.3 is 0 Å². The number of benzene rings is 1. The van der Waals surface area contributed by atoms with Crippen LogP contribution in [0.3, 0.4) is 0 Å². The normalized spacial score (nSPS) is 25.5. The molecule has 170 valence electrons. The van der Waals surface area contributed by atoms with Gasteiger partial charge in [0.15, 0.2) is 15.6 Å². The highest BCUT2D eigenvalue weighted by molar-refractivity contribution is 7.94. The highest BCUT2D eigenvalue weighted by Gasteiger charge is 2.57. The molecule has 0 unspecified atom stereocenters. The Balaban J connectivity index is 1.79. The number of Topliss-reactive ketones (excluding diaryl/α,β-unsaturated/α-hetero) is 1. The number of aliphatic imine (C=N–C) groups is 1. The number of nitrogens with zero attached hydrogens (tertiary/aromatic N) is 2. The Morgan fingerprint density at radius 1 is 1.28 bits per heavy atom. The second-order valence-electron chi connectivity index (χ2n) is 9.08. The SMILES string of the molecule is Cc1cc(Cl)cnc1C(=O)Cc1ccc2c(c1)[C@@]1(C)N=C(N)C(C)(C)S(=O)(=O)[C@H]1CCO2. The van der Waals surface area contributed by atoms with Gasteiger partial charge in [-0.05, 0) is 57.0 Å². The predicted octanol–water partition coefficient (Wildman–Crippen LogP) is 3.40. The molecule has 9 heteroatoms. The summed E-state index contributed by atoms with van der Waals surface area (Å²) < 4.78 is 31.6. The average molecular weight is 476 g/mol. The number of amidine groups is 1. The first kappa shape index (κ1) is 22.7. The largest absolute Gasteiger partial charge is 0.493 e. The van der Waals surface area contributed by atoms with E-state index in [-0.39, 0.29) is 24.6 Å². The number of carbonyl (C=O) groups is 1. The Morgan fingerprint density at radius 3 is 2.69 bits per heavy atom. The third-order valence-corrected chi connectivity index (χ3v) is 9.87. The second kappa shape index (κ2) is 7.56. The first-order chi connectivity index (χ1) is 14.9. The van der Waals surface area contributed by atoms with Gasteiger partial charge in [-0.25, -0.2) is 8.42 Å². The van der Waals surface area contributed by atoms with Crippen molar-refractivity contribution in [2.75, 3.05) is 6.61 Å². The van der Waals surface area contributed by atoms with Crippen molar-refractivity contribution in [3.8, 4) is 5.75 Å². The zero-order valence-electron chi connectivity index (χ0n) is 18.5. The number of pyridine rings is 1. The Labute approximate surface area is 193 Å². The average Bonchev–Trinajstić information content (AvgIpc) is 2.84. The van der Waals surface area contributed by atoms with Gasteiger partial charge in [-0.2, -0.15) is 0 Å². The van der Waals surface area contributed by atoms with Gasteiger partial charge in [0.1, 0.15) is 27.6 Å². The van der Waals surface area contributed by atoms with E-state index in [0.29, 0.717) is 39.6 Å². The molecule has 2 aromatic rings. The predicted molar refractivity (Wildman–Crippen MR) is 124 cm³/mol. The van der Waals surface area contributed by atoms with E-state index in [1.165, 1.54) is 6.20 Å². The topological polar surface area (TPSA) is 112 Å². The van der Waals surface area contributed by atoms with Gasteiger partial charge in [-0.1, -0.05) is 17.7 Å². The lowest BCUT2D eigenvalue weighted by molar-refractivity contribution is 0.0987. The van der Waals surface area contributed by atoms with Crippen molar-refractivity contribution in [2.24, 2.45) is 10.7 Å². The number of ether oxygens (including phenoxy) is 1. The molecular weight excluding hydrogens is 450 g/mol. The number of fused-ring (bicyclic) bond motifs is 3. The van der Waals surface area contributed by atoms with Crippen molar-refractivity contribution in [1.82, 2.24) is 4.98 Å². The van der Waals surface area contributed by atoms with E-state index in [0.717, 1.165) is 0 Å². The number of sulfone groups is 1. The molecule has 0 spiro atoms. The van der Waals surface area contributed by atoms with Crippen LogP contribution in [0.15, 0.2) is 35.5 Å². The van der Waals surface area contributed by atoms with E-state index in [1.807, 2.05) is 0 Å². The fraction of sp³-hybridized carbons (Fsp3) is 0.435. The van der Waals surface area contributed by atoms with Crippen molar-refractivity contribution in [3.05, 3.63) is 57.9 Å². The maximum Gasteiger partial charge on any atom is 0.185 e. The molecule has 2 aliphatic rings. The van der Waals surface area contributed by atoms with Gasteiger partial charge in [0.05, 0.1) is 16.9 Å². The first-order valence-electron chi connectivity index (χ1n) is 10.4. The summed E-state index contributed by atoms with van der Waals surface area (Å²) in [5.74, 6) is 0.473. The molecule has 0 aliphatic carbocycles. The summed E-state index contributed by atoms with van der Waals surface area (Å²) in [5.41, 5.74) is 7.44. The first-order valence-corrected chi connectivity index (χ1v) is 12.3. The molecule has 1 aromatic heterocycles. The van der Waals surface area contributed by atoms with E-state index >= 15 is 0 Å². The molecule has 3 heterocycles. The van der Waals surface area contributed by atoms with Gasteiger partial charge in [-0.15, -0.1) is 0 Å². The van der Waals surface area contributed by atoms with E-state index in [1.54, 1.807) is 52.0 Å². The molecule has 1 aromatic carbocycles. The summed E-state index contributed by atoms with van der Waals surface area (Å²) in [4.78, 5) is 21.8. The molecular formula is C23H26ClN3O4S. The minimum atomic E-state index is -3.65. The third-order valence-electron chi connectivity index (χ3n) is 6.58. The van der Waals surface area contributed by atoms with Crippen LogP contribution < -0.4 is 10.5 Å². The highest BCUT2D eigenvalue weighted by Crippen LogP contribution is 2.48. The third kappa shape index (κ3) is 3.40. The molecule has 0 amide bonds. The zero-order chi connectivity index (χ0) is 23.5. The maximum atomic E-state index is 13.5. The van der Waals surface area contributed by atoms with Crippen LogP contribution in [0.5, 0.6) is 5.75 Å². The van der Waals surface area contributed by atoms with Gasteiger partial charge < -0.3 is 10.5 Å². The van der Waals surface area contributed by atoms with E-state index < -0.39 is 25.4 Å². The molecule has 32 heavy (non-hydrogen) atoms. The van der Waals surface area contributed by atoms with Crippen LogP contribution in [0.4, 0.5) is 0 Å². The van der Waals surface area contributed by atoms with Crippen LogP contribution in [-0.2, 0) is 21.8 Å². The molecule has 0 saturated heterocycles. The Hall–Kier alpha value is -2.45.